The first kappa shape index (κ1) is 27.0. The molecule has 0 bridgehead atoms. The summed E-state index contributed by atoms with van der Waals surface area (Å²) in [7, 11) is -5.70. The minimum absolute atomic E-state index is 0.267. The van der Waals surface area contributed by atoms with Crippen molar-refractivity contribution in [1.82, 2.24) is 0 Å². The average molecular weight is 427 g/mol. The first-order valence-electron chi connectivity index (χ1n) is 10.4. The number of hydrogen-bond acceptors (Lipinski definition) is 3. The van der Waals surface area contributed by atoms with Gasteiger partial charge in [0, 0.05) is 0 Å². The van der Waals surface area contributed by atoms with Gasteiger partial charge in [-0.25, -0.2) is 0 Å². The molecule has 4 nitrogen and oxygen atoms in total. The first-order chi connectivity index (χ1) is 13.2. The summed E-state index contributed by atoms with van der Waals surface area (Å²) in [4.78, 5) is 0. The van der Waals surface area contributed by atoms with Crippen LogP contribution in [0.15, 0.2) is 16.5 Å². The Kier molecular flexibility index (Phi) is 15.2. The van der Waals surface area contributed by atoms with Crippen LogP contribution in [0.4, 0.5) is 13.2 Å². The van der Waals surface area contributed by atoms with Crippen LogP contribution in [0.5, 0.6) is 0 Å². The number of nitrogens with zero attached hydrogens (tertiary/aromatic N) is 1. The minimum atomic E-state index is -5.70. The highest BCUT2D eigenvalue weighted by Gasteiger charge is 2.45. The molecule has 0 aliphatic carbocycles. The van der Waals surface area contributed by atoms with Gasteiger partial charge in [0.1, 0.15) is 0 Å². The van der Waals surface area contributed by atoms with Crippen molar-refractivity contribution in [3.05, 3.63) is 12.2 Å². The largest absolute Gasteiger partial charge is 0.861 e. The number of sulfonamides is 1. The number of rotatable bonds is 17. The quantitative estimate of drug-likeness (QED) is 0.124. The van der Waals surface area contributed by atoms with E-state index >= 15 is 0 Å². The molecule has 0 unspecified atom stereocenters. The van der Waals surface area contributed by atoms with Crippen LogP contribution < -0.4 is 5.11 Å². The zero-order chi connectivity index (χ0) is 21.3. The summed E-state index contributed by atoms with van der Waals surface area (Å²) in [6.07, 6.45) is 19.4. The lowest BCUT2D eigenvalue weighted by atomic mass is 10.1. The van der Waals surface area contributed by atoms with E-state index in [-0.39, 0.29) is 6.42 Å². The number of halogens is 3. The fraction of sp³-hybridized carbons (Fsp3) is 0.850. The fourth-order valence-electron chi connectivity index (χ4n) is 2.76. The van der Waals surface area contributed by atoms with Gasteiger partial charge >= 0.3 is 15.5 Å². The third-order valence-corrected chi connectivity index (χ3v) is 5.45. The Bertz CT molecular complexity index is 543. The van der Waals surface area contributed by atoms with Crippen LogP contribution in [-0.2, 0) is 10.0 Å². The fourth-order valence-corrected chi connectivity index (χ4v) is 3.22. The lowest BCUT2D eigenvalue weighted by molar-refractivity contribution is -0.218. The van der Waals surface area contributed by atoms with Crippen molar-refractivity contribution in [3.63, 3.8) is 0 Å². The van der Waals surface area contributed by atoms with E-state index in [4.69, 9.17) is 0 Å². The van der Waals surface area contributed by atoms with Crippen molar-refractivity contribution in [1.29, 1.82) is 0 Å². The normalized spacial score (nSPS) is 13.5. The lowest BCUT2D eigenvalue weighted by Crippen LogP contribution is -2.26. The summed E-state index contributed by atoms with van der Waals surface area (Å²) in [6.45, 7) is 2.22. The maximum absolute atomic E-state index is 12.1. The highest BCUT2D eigenvalue weighted by Crippen LogP contribution is 2.24. The zero-order valence-corrected chi connectivity index (χ0v) is 17.8. The molecule has 0 aromatic heterocycles. The van der Waals surface area contributed by atoms with Crippen LogP contribution >= 0.6 is 0 Å². The van der Waals surface area contributed by atoms with Crippen LogP contribution in [0.2, 0.25) is 0 Å². The molecule has 0 aromatic carbocycles. The molecule has 0 rings (SSSR count). The smallest absolute Gasteiger partial charge is 0.518 e. The third kappa shape index (κ3) is 14.9. The second-order valence-corrected chi connectivity index (χ2v) is 8.69. The average Bonchev–Trinajstić information content (AvgIpc) is 2.60. The molecule has 0 aliphatic rings. The van der Waals surface area contributed by atoms with Crippen molar-refractivity contribution < 1.29 is 26.7 Å². The molecule has 0 spiro atoms. The van der Waals surface area contributed by atoms with Gasteiger partial charge in [-0.2, -0.15) is 26.0 Å². The van der Waals surface area contributed by atoms with Gasteiger partial charge in [0.05, 0.1) is 0 Å². The summed E-state index contributed by atoms with van der Waals surface area (Å²) in [5, 5.41) is 11.2. The van der Waals surface area contributed by atoms with E-state index in [2.05, 4.69) is 23.5 Å². The lowest BCUT2D eigenvalue weighted by Gasteiger charge is -2.11. The van der Waals surface area contributed by atoms with E-state index in [1.54, 1.807) is 0 Å². The molecule has 0 saturated carbocycles. The van der Waals surface area contributed by atoms with Crippen LogP contribution in [0.3, 0.4) is 0 Å². The van der Waals surface area contributed by atoms with Gasteiger partial charge in [-0.1, -0.05) is 76.9 Å². The number of alkyl halides is 3. The van der Waals surface area contributed by atoms with Crippen molar-refractivity contribution >= 4 is 15.9 Å². The van der Waals surface area contributed by atoms with Crippen molar-refractivity contribution in [2.45, 2.75) is 109 Å². The van der Waals surface area contributed by atoms with Gasteiger partial charge in [-0.3, -0.25) is 0 Å². The highest BCUT2D eigenvalue weighted by molar-refractivity contribution is 7.91. The standard InChI is InChI=1S/C20H36F3NO3S/c1-2-3-4-5-6-7-8-9-10-11-12-13-14-15-16-17-18-19(25)24-28(26,27)20(21,22)23/h9-10H,2-8,11-18H2,1H3,(H,24,25)/p-1/b10-9+. The molecule has 8 heteroatoms. The summed E-state index contributed by atoms with van der Waals surface area (Å²) in [5.41, 5.74) is -5.51. The van der Waals surface area contributed by atoms with Crippen LogP contribution in [0, 0.1) is 0 Å². The van der Waals surface area contributed by atoms with Crippen LogP contribution in [0.25, 0.3) is 0 Å². The third-order valence-electron chi connectivity index (χ3n) is 4.42. The van der Waals surface area contributed by atoms with Crippen molar-refractivity contribution in [3.8, 4) is 0 Å². The van der Waals surface area contributed by atoms with Gasteiger partial charge < -0.3 is 5.11 Å². The molecule has 0 aromatic rings. The van der Waals surface area contributed by atoms with E-state index in [0.717, 1.165) is 38.5 Å². The number of hydrogen-bond donors (Lipinski definition) is 0. The van der Waals surface area contributed by atoms with Gasteiger partial charge in [-0.05, 0) is 44.4 Å². The SMILES string of the molecule is CCCCCCCC/C=C/CCCCCCCC/C([O-])=N/S(=O)(=O)C(F)(F)F. The second kappa shape index (κ2) is 15.8. The van der Waals surface area contributed by atoms with E-state index in [0.29, 0.717) is 12.8 Å². The molecule has 166 valence electrons. The summed E-state index contributed by atoms with van der Waals surface area (Å²) in [5.74, 6) is -1.23. The Morgan fingerprint density at radius 2 is 1.25 bits per heavy atom. The summed E-state index contributed by atoms with van der Waals surface area (Å²) in [6, 6.07) is 0. The molecule has 0 radical (unpaired) electrons. The monoisotopic (exact) mass is 426 g/mol. The molecular formula is C20H35F3NO3S-. The second-order valence-electron chi connectivity index (χ2n) is 7.09. The maximum Gasteiger partial charge on any atom is 0.518 e. The summed E-state index contributed by atoms with van der Waals surface area (Å²) >= 11 is 0. The molecule has 0 aliphatic heterocycles. The van der Waals surface area contributed by atoms with E-state index < -0.39 is 21.4 Å². The van der Waals surface area contributed by atoms with Crippen molar-refractivity contribution in [2.24, 2.45) is 4.40 Å². The van der Waals surface area contributed by atoms with E-state index in [9.17, 15) is 26.7 Å². The molecule has 28 heavy (non-hydrogen) atoms. The van der Waals surface area contributed by atoms with Gasteiger partial charge in [0.2, 0.25) is 0 Å². The van der Waals surface area contributed by atoms with Crippen LogP contribution in [0.1, 0.15) is 103 Å². The predicted molar refractivity (Wildman–Crippen MR) is 106 cm³/mol. The van der Waals surface area contributed by atoms with E-state index in [1.807, 2.05) is 0 Å². The molecular weight excluding hydrogens is 391 g/mol. The van der Waals surface area contributed by atoms with Gasteiger partial charge in [0.15, 0.2) is 0 Å². The Labute approximate surface area is 168 Å². The first-order valence-corrected chi connectivity index (χ1v) is 11.9. The summed E-state index contributed by atoms with van der Waals surface area (Å²) < 4.78 is 60.0. The Hall–Kier alpha value is -1.05. The maximum atomic E-state index is 12.1. The Morgan fingerprint density at radius 3 is 1.71 bits per heavy atom. The van der Waals surface area contributed by atoms with Gasteiger partial charge in [0.25, 0.3) is 0 Å². The number of unbranched alkanes of at least 4 members (excludes halogenated alkanes) is 12. The molecule has 0 N–H and O–H groups in total. The Morgan fingerprint density at radius 1 is 0.821 bits per heavy atom. The van der Waals surface area contributed by atoms with Crippen molar-refractivity contribution in [2.75, 3.05) is 0 Å². The highest BCUT2D eigenvalue weighted by atomic mass is 32.2. The van der Waals surface area contributed by atoms with Crippen LogP contribution in [-0.4, -0.2) is 19.8 Å². The number of allylic oxidation sites excluding steroid dienone is 2. The predicted octanol–water partition coefficient (Wildman–Crippen LogP) is 6.02. The zero-order valence-electron chi connectivity index (χ0n) is 17.0. The van der Waals surface area contributed by atoms with E-state index in [1.165, 1.54) is 38.5 Å². The molecule has 0 saturated heterocycles. The minimum Gasteiger partial charge on any atom is -0.861 e. The molecule has 0 amide bonds. The topological polar surface area (TPSA) is 69.6 Å². The molecule has 0 atom stereocenters. The Balaban J connectivity index is 3.54. The molecule has 0 fully saturated rings. The molecule has 0 heterocycles. The van der Waals surface area contributed by atoms with Gasteiger partial charge in [-0.15, -0.1) is 0 Å².